The van der Waals surface area contributed by atoms with Crippen LogP contribution in [0.4, 0.5) is 4.39 Å². The summed E-state index contributed by atoms with van der Waals surface area (Å²) in [5.41, 5.74) is 4.84. The van der Waals surface area contributed by atoms with Crippen molar-refractivity contribution in [1.29, 1.82) is 0 Å². The molecule has 0 unspecified atom stereocenters. The van der Waals surface area contributed by atoms with Crippen molar-refractivity contribution in [3.05, 3.63) is 99.9 Å². The van der Waals surface area contributed by atoms with Crippen LogP contribution in [0.15, 0.2) is 71.8 Å². The molecule has 0 saturated heterocycles. The lowest BCUT2D eigenvalue weighted by Gasteiger charge is -2.11. The number of aryl methyl sites for hydroxylation is 3. The monoisotopic (exact) mass is 471 g/mol. The first-order valence-electron chi connectivity index (χ1n) is 11.4. The molecule has 0 aliphatic heterocycles. The highest BCUT2D eigenvalue weighted by atomic mass is 19.1. The topological polar surface area (TPSA) is 58.3 Å². The van der Waals surface area contributed by atoms with E-state index in [1.54, 1.807) is 31.2 Å². The third-order valence-electron chi connectivity index (χ3n) is 6.34. The minimum absolute atomic E-state index is 0.154. The zero-order chi connectivity index (χ0) is 24.5. The quantitative estimate of drug-likeness (QED) is 0.331. The second kappa shape index (κ2) is 9.25. The van der Waals surface area contributed by atoms with Crippen LogP contribution in [0, 0.1) is 12.7 Å². The maximum Gasteiger partial charge on any atom is 0.277 e. The summed E-state index contributed by atoms with van der Waals surface area (Å²) in [6.45, 7) is 2.97. The number of hydrogen-bond acceptors (Lipinski definition) is 4. The predicted octanol–water partition coefficient (Wildman–Crippen LogP) is 5.11. The van der Waals surface area contributed by atoms with E-state index in [-0.39, 0.29) is 11.4 Å². The molecule has 0 spiro atoms. The number of halogens is 1. The van der Waals surface area contributed by atoms with Gasteiger partial charge in [-0.1, -0.05) is 35.9 Å². The van der Waals surface area contributed by atoms with Crippen molar-refractivity contribution in [2.24, 2.45) is 0 Å². The van der Waals surface area contributed by atoms with E-state index in [2.05, 4.69) is 4.98 Å². The number of benzene rings is 3. The van der Waals surface area contributed by atoms with Crippen LogP contribution in [0.3, 0.4) is 0 Å². The normalized spacial score (nSPS) is 11.3. The van der Waals surface area contributed by atoms with E-state index >= 15 is 0 Å². The second-order valence-corrected chi connectivity index (χ2v) is 8.61. The van der Waals surface area contributed by atoms with E-state index in [0.717, 1.165) is 22.2 Å². The van der Waals surface area contributed by atoms with Crippen LogP contribution in [0.25, 0.3) is 21.9 Å². The Morgan fingerprint density at radius 2 is 1.66 bits per heavy atom. The third-order valence-corrected chi connectivity index (χ3v) is 6.34. The Labute approximate surface area is 202 Å². The maximum absolute atomic E-state index is 14.1. The van der Waals surface area contributed by atoms with Gasteiger partial charge in [-0.15, -0.1) is 0 Å². The summed E-state index contributed by atoms with van der Waals surface area (Å²) in [5, 5.41) is 0.635. The van der Waals surface area contributed by atoms with Crippen LogP contribution in [-0.2, 0) is 19.5 Å². The molecule has 3 aromatic carbocycles. The van der Waals surface area contributed by atoms with Gasteiger partial charge < -0.3 is 14.0 Å². The van der Waals surface area contributed by atoms with Gasteiger partial charge in [0.15, 0.2) is 11.5 Å². The number of fused-ring (bicyclic) bond motifs is 3. The molecule has 5 aromatic rings. The highest BCUT2D eigenvalue weighted by molar-refractivity contribution is 6.05. The van der Waals surface area contributed by atoms with Crippen LogP contribution >= 0.6 is 0 Å². The standard InChI is InChI=1S/C28H26FN3O3/c1-18-4-6-20(7-5-18)16-32-23-10-9-21(29)15-22(23)26-27(32)28(33)31(17-30-26)13-12-19-8-11-24(34-2)25(14-19)35-3/h4-11,14-15,17H,12-13,16H2,1-3H3. The van der Waals surface area contributed by atoms with Gasteiger partial charge in [-0.3, -0.25) is 9.36 Å². The number of methoxy groups -OCH3 is 2. The smallest absolute Gasteiger partial charge is 0.277 e. The summed E-state index contributed by atoms with van der Waals surface area (Å²) in [6, 6.07) is 18.5. The Balaban J connectivity index is 1.57. The van der Waals surface area contributed by atoms with Crippen LogP contribution in [-0.4, -0.2) is 28.3 Å². The van der Waals surface area contributed by atoms with Gasteiger partial charge in [-0.05, 0) is 54.8 Å². The van der Waals surface area contributed by atoms with E-state index in [1.165, 1.54) is 12.1 Å². The minimum atomic E-state index is -0.355. The van der Waals surface area contributed by atoms with Crippen molar-refractivity contribution in [2.75, 3.05) is 14.2 Å². The number of nitrogens with zero attached hydrogens (tertiary/aromatic N) is 3. The molecule has 7 heteroatoms. The van der Waals surface area contributed by atoms with E-state index in [9.17, 15) is 9.18 Å². The Kier molecular flexibility index (Phi) is 5.99. The van der Waals surface area contributed by atoms with Gasteiger partial charge in [0.05, 0.1) is 26.1 Å². The molecule has 0 aliphatic rings. The van der Waals surface area contributed by atoms with Gasteiger partial charge >= 0.3 is 0 Å². The molecule has 0 N–H and O–H groups in total. The lowest BCUT2D eigenvalue weighted by molar-refractivity contribution is 0.354. The first kappa shape index (κ1) is 22.7. The molecule has 0 radical (unpaired) electrons. The average molecular weight is 472 g/mol. The fourth-order valence-corrected chi connectivity index (χ4v) is 4.46. The molecule has 178 valence electrons. The zero-order valence-corrected chi connectivity index (χ0v) is 19.9. The first-order valence-corrected chi connectivity index (χ1v) is 11.4. The van der Waals surface area contributed by atoms with Crippen LogP contribution in [0.1, 0.15) is 16.7 Å². The van der Waals surface area contributed by atoms with Crippen molar-refractivity contribution in [2.45, 2.75) is 26.4 Å². The highest BCUT2D eigenvalue weighted by Gasteiger charge is 2.17. The van der Waals surface area contributed by atoms with Crippen LogP contribution in [0.5, 0.6) is 11.5 Å². The van der Waals surface area contributed by atoms with Crippen molar-refractivity contribution in [1.82, 2.24) is 14.1 Å². The molecule has 35 heavy (non-hydrogen) atoms. The van der Waals surface area contributed by atoms with Gasteiger partial charge in [0.1, 0.15) is 16.9 Å². The van der Waals surface area contributed by atoms with E-state index in [1.807, 2.05) is 54.0 Å². The van der Waals surface area contributed by atoms with E-state index < -0.39 is 0 Å². The molecule has 2 aromatic heterocycles. The highest BCUT2D eigenvalue weighted by Crippen LogP contribution is 2.29. The minimum Gasteiger partial charge on any atom is -0.493 e. The Hall–Kier alpha value is -4.13. The van der Waals surface area contributed by atoms with Crippen molar-refractivity contribution >= 4 is 21.9 Å². The molecule has 5 rings (SSSR count). The van der Waals surface area contributed by atoms with Gasteiger partial charge in [-0.25, -0.2) is 9.37 Å². The number of rotatable bonds is 7. The Morgan fingerprint density at radius 3 is 2.40 bits per heavy atom. The molecular formula is C28H26FN3O3. The van der Waals surface area contributed by atoms with Crippen molar-refractivity contribution in [3.63, 3.8) is 0 Å². The summed E-state index contributed by atoms with van der Waals surface area (Å²) >= 11 is 0. The Morgan fingerprint density at radius 1 is 0.914 bits per heavy atom. The fourth-order valence-electron chi connectivity index (χ4n) is 4.46. The molecule has 6 nitrogen and oxygen atoms in total. The molecule has 0 saturated carbocycles. The molecular weight excluding hydrogens is 445 g/mol. The fraction of sp³-hybridized carbons (Fsp3) is 0.214. The average Bonchev–Trinajstić information content (AvgIpc) is 3.17. The SMILES string of the molecule is COc1ccc(CCn2cnc3c4cc(F)ccc4n(Cc4ccc(C)cc4)c3c2=O)cc1OC. The molecule has 0 atom stereocenters. The third kappa shape index (κ3) is 4.25. The molecule has 2 heterocycles. The summed E-state index contributed by atoms with van der Waals surface area (Å²) in [6.07, 6.45) is 2.16. The molecule has 0 fully saturated rings. The lowest BCUT2D eigenvalue weighted by atomic mass is 10.1. The first-order chi connectivity index (χ1) is 17.0. The second-order valence-electron chi connectivity index (χ2n) is 8.61. The van der Waals surface area contributed by atoms with Crippen molar-refractivity contribution < 1.29 is 13.9 Å². The van der Waals surface area contributed by atoms with E-state index in [0.29, 0.717) is 47.4 Å². The lowest BCUT2D eigenvalue weighted by Crippen LogP contribution is -2.23. The summed E-state index contributed by atoms with van der Waals surface area (Å²) in [5.74, 6) is 0.946. The van der Waals surface area contributed by atoms with Gasteiger partial charge in [-0.2, -0.15) is 0 Å². The number of ether oxygens (including phenoxy) is 2. The molecule has 0 bridgehead atoms. The van der Waals surface area contributed by atoms with Gasteiger partial charge in [0, 0.05) is 18.5 Å². The van der Waals surface area contributed by atoms with Crippen molar-refractivity contribution in [3.8, 4) is 11.5 Å². The van der Waals surface area contributed by atoms with Crippen LogP contribution in [0.2, 0.25) is 0 Å². The number of hydrogen-bond donors (Lipinski definition) is 0. The summed E-state index contributed by atoms with van der Waals surface area (Å²) in [4.78, 5) is 18.2. The summed E-state index contributed by atoms with van der Waals surface area (Å²) < 4.78 is 28.4. The van der Waals surface area contributed by atoms with E-state index in [4.69, 9.17) is 9.47 Å². The molecule has 0 aliphatic carbocycles. The molecule has 0 amide bonds. The van der Waals surface area contributed by atoms with Crippen LogP contribution < -0.4 is 15.0 Å². The van der Waals surface area contributed by atoms with Gasteiger partial charge in [0.2, 0.25) is 0 Å². The zero-order valence-electron chi connectivity index (χ0n) is 19.9. The predicted molar refractivity (Wildman–Crippen MR) is 135 cm³/mol. The van der Waals surface area contributed by atoms with Gasteiger partial charge in [0.25, 0.3) is 5.56 Å². The Bertz CT molecular complexity index is 1590. The summed E-state index contributed by atoms with van der Waals surface area (Å²) in [7, 11) is 3.19. The number of aromatic nitrogens is 3. The maximum atomic E-state index is 14.1. The largest absolute Gasteiger partial charge is 0.493 e.